The molecule has 1 saturated carbocycles. The van der Waals surface area contributed by atoms with Gasteiger partial charge in [-0.3, -0.25) is 0 Å². The standard InChI is InChI=1S/C11H16N6O2S/c1-8(2)17-10(13-14-15-17)7-20(18,19)11-12-5-6-16(11)9-3-4-9/h5-6,8-9H,3-4,7H2,1-2H3. The van der Waals surface area contributed by atoms with Gasteiger partial charge >= 0.3 is 0 Å². The zero-order valence-corrected chi connectivity index (χ0v) is 12.2. The molecule has 108 valence electrons. The van der Waals surface area contributed by atoms with Crippen molar-refractivity contribution in [3.05, 3.63) is 18.2 Å². The van der Waals surface area contributed by atoms with E-state index in [2.05, 4.69) is 20.5 Å². The van der Waals surface area contributed by atoms with E-state index >= 15 is 0 Å². The van der Waals surface area contributed by atoms with Crippen LogP contribution in [0.1, 0.15) is 44.6 Å². The van der Waals surface area contributed by atoms with Crippen molar-refractivity contribution >= 4 is 9.84 Å². The molecule has 8 nitrogen and oxygen atoms in total. The van der Waals surface area contributed by atoms with Gasteiger partial charge in [0.05, 0.1) is 6.04 Å². The Bertz CT molecular complexity index is 713. The topological polar surface area (TPSA) is 95.6 Å². The van der Waals surface area contributed by atoms with Gasteiger partial charge in [0.15, 0.2) is 5.82 Å². The molecular weight excluding hydrogens is 280 g/mol. The zero-order chi connectivity index (χ0) is 14.3. The van der Waals surface area contributed by atoms with Crippen molar-refractivity contribution in [2.45, 2.75) is 49.7 Å². The van der Waals surface area contributed by atoms with E-state index in [0.29, 0.717) is 5.82 Å². The fourth-order valence-corrected chi connectivity index (χ4v) is 3.53. The van der Waals surface area contributed by atoms with Crippen LogP contribution in [0.15, 0.2) is 17.6 Å². The summed E-state index contributed by atoms with van der Waals surface area (Å²) in [6.45, 7) is 3.80. The molecule has 0 aliphatic heterocycles. The van der Waals surface area contributed by atoms with Crippen LogP contribution in [0.4, 0.5) is 0 Å². The fourth-order valence-electron chi connectivity index (χ4n) is 2.11. The Hall–Kier alpha value is -1.77. The zero-order valence-electron chi connectivity index (χ0n) is 11.3. The molecule has 0 N–H and O–H groups in total. The third-order valence-corrected chi connectivity index (χ3v) is 4.73. The average Bonchev–Trinajstić information content (AvgIpc) is 2.90. The van der Waals surface area contributed by atoms with Crippen LogP contribution in [-0.2, 0) is 15.6 Å². The summed E-state index contributed by atoms with van der Waals surface area (Å²) in [7, 11) is -3.54. The van der Waals surface area contributed by atoms with E-state index in [0.717, 1.165) is 12.8 Å². The number of sulfone groups is 1. The normalized spacial score (nSPS) is 15.9. The number of imidazole rings is 1. The van der Waals surface area contributed by atoms with Crippen LogP contribution in [0.25, 0.3) is 0 Å². The first-order valence-corrected chi connectivity index (χ1v) is 8.16. The molecule has 2 aromatic heterocycles. The molecule has 0 spiro atoms. The van der Waals surface area contributed by atoms with Crippen molar-refractivity contribution in [2.24, 2.45) is 0 Å². The van der Waals surface area contributed by atoms with Crippen LogP contribution in [-0.4, -0.2) is 38.2 Å². The third-order valence-electron chi connectivity index (χ3n) is 3.22. The molecule has 0 bridgehead atoms. The lowest BCUT2D eigenvalue weighted by molar-refractivity contribution is 0.497. The highest BCUT2D eigenvalue weighted by Crippen LogP contribution is 2.36. The van der Waals surface area contributed by atoms with Crippen LogP contribution < -0.4 is 0 Å². The van der Waals surface area contributed by atoms with Crippen molar-refractivity contribution in [3.8, 4) is 0 Å². The minimum absolute atomic E-state index is 0.0124. The molecule has 0 atom stereocenters. The first-order valence-electron chi connectivity index (χ1n) is 6.51. The summed E-state index contributed by atoms with van der Waals surface area (Å²) in [6.07, 6.45) is 5.25. The van der Waals surface area contributed by atoms with Gasteiger partial charge in [0, 0.05) is 18.4 Å². The maximum Gasteiger partial charge on any atom is 0.228 e. The predicted octanol–water partition coefficient (Wildman–Crippen LogP) is 0.759. The molecule has 3 rings (SSSR count). The second kappa shape index (κ2) is 4.65. The minimum atomic E-state index is -3.54. The van der Waals surface area contributed by atoms with Crippen LogP contribution in [0, 0.1) is 0 Å². The Balaban J connectivity index is 1.92. The highest BCUT2D eigenvalue weighted by atomic mass is 32.2. The van der Waals surface area contributed by atoms with Gasteiger partial charge in [-0.25, -0.2) is 18.1 Å². The molecule has 0 amide bonds. The van der Waals surface area contributed by atoms with Crippen molar-refractivity contribution in [3.63, 3.8) is 0 Å². The summed E-state index contributed by atoms with van der Waals surface area (Å²) in [4.78, 5) is 4.00. The van der Waals surface area contributed by atoms with E-state index in [4.69, 9.17) is 0 Å². The lowest BCUT2D eigenvalue weighted by atomic mass is 10.4. The molecule has 9 heteroatoms. The van der Waals surface area contributed by atoms with Crippen molar-refractivity contribution in [1.29, 1.82) is 0 Å². The fraction of sp³-hybridized carbons (Fsp3) is 0.636. The van der Waals surface area contributed by atoms with E-state index < -0.39 is 9.84 Å². The Morgan fingerprint density at radius 1 is 1.40 bits per heavy atom. The molecule has 1 aliphatic carbocycles. The van der Waals surface area contributed by atoms with E-state index in [1.807, 2.05) is 13.8 Å². The Morgan fingerprint density at radius 3 is 2.80 bits per heavy atom. The van der Waals surface area contributed by atoms with Gasteiger partial charge in [-0.05, 0) is 37.1 Å². The van der Waals surface area contributed by atoms with Crippen molar-refractivity contribution in [1.82, 2.24) is 29.8 Å². The molecule has 0 aromatic carbocycles. The van der Waals surface area contributed by atoms with Crippen LogP contribution in [0.5, 0.6) is 0 Å². The molecular formula is C11H16N6O2S. The third kappa shape index (κ3) is 2.33. The monoisotopic (exact) mass is 296 g/mol. The molecule has 0 saturated heterocycles. The second-order valence-corrected chi connectivity index (χ2v) is 7.12. The predicted molar refractivity (Wildman–Crippen MR) is 69.6 cm³/mol. The molecule has 2 aromatic rings. The number of tetrazole rings is 1. The van der Waals surface area contributed by atoms with Gasteiger partial charge < -0.3 is 4.57 Å². The van der Waals surface area contributed by atoms with Gasteiger partial charge in [0.25, 0.3) is 0 Å². The number of aromatic nitrogens is 6. The van der Waals surface area contributed by atoms with Crippen LogP contribution in [0.2, 0.25) is 0 Å². The summed E-state index contributed by atoms with van der Waals surface area (Å²) in [6, 6.07) is 0.279. The highest BCUT2D eigenvalue weighted by Gasteiger charge is 2.31. The van der Waals surface area contributed by atoms with Gasteiger partial charge in [-0.1, -0.05) is 0 Å². The van der Waals surface area contributed by atoms with Gasteiger partial charge in [-0.2, -0.15) is 0 Å². The number of hydrogen-bond donors (Lipinski definition) is 0. The van der Waals surface area contributed by atoms with Crippen molar-refractivity contribution in [2.75, 3.05) is 0 Å². The number of rotatable bonds is 5. The first kappa shape index (κ1) is 13.2. The molecule has 1 fully saturated rings. The second-order valence-electron chi connectivity index (χ2n) is 5.24. The largest absolute Gasteiger partial charge is 0.319 e. The maximum absolute atomic E-state index is 12.5. The SMILES string of the molecule is CC(C)n1nnnc1CS(=O)(=O)c1nccn1C1CC1. The summed E-state index contributed by atoms with van der Waals surface area (Å²) in [5.41, 5.74) is 0. The van der Waals surface area contributed by atoms with E-state index in [9.17, 15) is 8.42 Å². The molecule has 2 heterocycles. The lowest BCUT2D eigenvalue weighted by Gasteiger charge is -2.09. The summed E-state index contributed by atoms with van der Waals surface area (Å²) in [5, 5.41) is 11.3. The van der Waals surface area contributed by atoms with Gasteiger partial charge in [-0.15, -0.1) is 5.10 Å². The average molecular weight is 296 g/mol. The highest BCUT2D eigenvalue weighted by molar-refractivity contribution is 7.90. The minimum Gasteiger partial charge on any atom is -0.319 e. The summed E-state index contributed by atoms with van der Waals surface area (Å²) in [5.74, 6) is 0.104. The maximum atomic E-state index is 12.5. The van der Waals surface area contributed by atoms with Crippen LogP contribution >= 0.6 is 0 Å². The van der Waals surface area contributed by atoms with Gasteiger partial charge in [0.1, 0.15) is 5.75 Å². The lowest BCUT2D eigenvalue weighted by Crippen LogP contribution is -2.16. The Morgan fingerprint density at radius 2 is 2.15 bits per heavy atom. The number of nitrogens with zero attached hydrogens (tertiary/aromatic N) is 6. The molecule has 0 radical (unpaired) electrons. The first-order chi connectivity index (χ1) is 9.49. The molecule has 1 aliphatic rings. The Kier molecular flexibility index (Phi) is 3.08. The Labute approximate surface area is 116 Å². The van der Waals surface area contributed by atoms with E-state index in [1.165, 1.54) is 10.9 Å². The summed E-state index contributed by atoms with van der Waals surface area (Å²) >= 11 is 0. The molecule has 0 unspecified atom stereocenters. The number of hydrogen-bond acceptors (Lipinski definition) is 6. The quantitative estimate of drug-likeness (QED) is 0.808. The van der Waals surface area contributed by atoms with Crippen LogP contribution in [0.3, 0.4) is 0 Å². The van der Waals surface area contributed by atoms with E-state index in [1.54, 1.807) is 10.8 Å². The molecule has 20 heavy (non-hydrogen) atoms. The smallest absolute Gasteiger partial charge is 0.228 e. The van der Waals surface area contributed by atoms with E-state index in [-0.39, 0.29) is 23.0 Å². The van der Waals surface area contributed by atoms with Crippen molar-refractivity contribution < 1.29 is 8.42 Å². The van der Waals surface area contributed by atoms with Gasteiger partial charge in [0.2, 0.25) is 15.0 Å². The summed E-state index contributed by atoms with van der Waals surface area (Å²) < 4.78 is 28.2.